The highest BCUT2D eigenvalue weighted by Crippen LogP contribution is 2.39. The number of furan rings is 2. The summed E-state index contributed by atoms with van der Waals surface area (Å²) in [5.41, 5.74) is 11.5. The number of fused-ring (bicyclic) bond motifs is 9. The number of hydrogen-bond acceptors (Lipinski definition) is 5. The van der Waals surface area contributed by atoms with Gasteiger partial charge in [-0.3, -0.25) is 0 Å². The second-order valence-corrected chi connectivity index (χ2v) is 14.4. The first-order valence-corrected chi connectivity index (χ1v) is 19.0. The molecule has 12 aromatic rings. The summed E-state index contributed by atoms with van der Waals surface area (Å²) < 4.78 is 15.3. The fourth-order valence-electron chi connectivity index (χ4n) is 8.37. The molecular weight excluding hydrogens is 701 g/mol. The van der Waals surface area contributed by atoms with E-state index in [4.69, 9.17) is 23.8 Å². The molecule has 0 unspecified atom stereocenters. The molecule has 266 valence electrons. The molecule has 0 saturated carbocycles. The summed E-state index contributed by atoms with van der Waals surface area (Å²) >= 11 is 0. The van der Waals surface area contributed by atoms with Crippen LogP contribution in [0.1, 0.15) is 0 Å². The van der Waals surface area contributed by atoms with E-state index in [1.54, 1.807) is 0 Å². The van der Waals surface area contributed by atoms with E-state index < -0.39 is 0 Å². The van der Waals surface area contributed by atoms with Crippen LogP contribution in [-0.2, 0) is 0 Å². The third kappa shape index (κ3) is 5.01. The van der Waals surface area contributed by atoms with Crippen molar-refractivity contribution in [2.75, 3.05) is 0 Å². The van der Waals surface area contributed by atoms with Crippen molar-refractivity contribution in [3.8, 4) is 51.0 Å². The van der Waals surface area contributed by atoms with Gasteiger partial charge in [-0.05, 0) is 83.9 Å². The second-order valence-electron chi connectivity index (χ2n) is 14.4. The molecule has 0 amide bonds. The van der Waals surface area contributed by atoms with Crippen LogP contribution in [-0.4, -0.2) is 19.5 Å². The zero-order chi connectivity index (χ0) is 37.5. The highest BCUT2D eigenvalue weighted by Gasteiger charge is 2.19. The van der Waals surface area contributed by atoms with Crippen molar-refractivity contribution >= 4 is 65.7 Å². The maximum atomic E-state index is 6.52. The Kier molecular flexibility index (Phi) is 6.83. The predicted octanol–water partition coefficient (Wildman–Crippen LogP) is 13.4. The molecule has 0 fully saturated rings. The highest BCUT2D eigenvalue weighted by atomic mass is 16.3. The number of benzene rings is 8. The van der Waals surface area contributed by atoms with Gasteiger partial charge in [-0.2, -0.15) is 0 Å². The molecule has 0 aliphatic rings. The van der Waals surface area contributed by atoms with Crippen molar-refractivity contribution in [3.63, 3.8) is 0 Å². The Morgan fingerprint density at radius 2 is 0.947 bits per heavy atom. The smallest absolute Gasteiger partial charge is 0.167 e. The summed E-state index contributed by atoms with van der Waals surface area (Å²) in [5.74, 6) is 1.71. The van der Waals surface area contributed by atoms with Crippen LogP contribution in [0.15, 0.2) is 191 Å². The lowest BCUT2D eigenvalue weighted by Gasteiger charge is -2.09. The highest BCUT2D eigenvalue weighted by molar-refractivity contribution is 6.12. The van der Waals surface area contributed by atoms with Crippen LogP contribution in [0, 0.1) is 0 Å². The molecule has 0 saturated heterocycles. The zero-order valence-corrected chi connectivity index (χ0v) is 30.4. The fraction of sp³-hybridized carbons (Fsp3) is 0. The van der Waals surface area contributed by atoms with E-state index >= 15 is 0 Å². The lowest BCUT2D eigenvalue weighted by Crippen LogP contribution is -2.00. The molecule has 6 heteroatoms. The first-order chi connectivity index (χ1) is 28.2. The molecule has 12 rings (SSSR count). The molecular formula is C51H30N4O2. The summed E-state index contributed by atoms with van der Waals surface area (Å²) in [6, 6.07) is 62.8. The normalized spacial score (nSPS) is 11.9. The van der Waals surface area contributed by atoms with Gasteiger partial charge in [-0.15, -0.1) is 0 Å². The minimum absolute atomic E-state index is 0.550. The average Bonchev–Trinajstić information content (AvgIpc) is 3.95. The van der Waals surface area contributed by atoms with E-state index in [0.29, 0.717) is 17.5 Å². The molecule has 0 bridgehead atoms. The Labute approximate surface area is 325 Å². The Morgan fingerprint density at radius 1 is 0.333 bits per heavy atom. The van der Waals surface area contributed by atoms with Crippen LogP contribution < -0.4 is 0 Å². The Bertz CT molecular complexity index is 3530. The monoisotopic (exact) mass is 730 g/mol. The Morgan fingerprint density at radius 3 is 1.82 bits per heavy atom. The molecule has 4 aromatic heterocycles. The van der Waals surface area contributed by atoms with Crippen LogP contribution in [0.3, 0.4) is 0 Å². The van der Waals surface area contributed by atoms with Crippen molar-refractivity contribution in [2.24, 2.45) is 0 Å². The van der Waals surface area contributed by atoms with Crippen molar-refractivity contribution in [3.05, 3.63) is 182 Å². The van der Waals surface area contributed by atoms with Gasteiger partial charge in [0.15, 0.2) is 17.5 Å². The first kappa shape index (κ1) is 31.5. The molecule has 8 aromatic carbocycles. The maximum Gasteiger partial charge on any atom is 0.167 e. The summed E-state index contributed by atoms with van der Waals surface area (Å²) in [5, 5.41) is 6.55. The first-order valence-electron chi connectivity index (χ1n) is 19.0. The second kappa shape index (κ2) is 12.3. The quantitative estimate of drug-likeness (QED) is 0.176. The minimum Gasteiger partial charge on any atom is -0.456 e. The van der Waals surface area contributed by atoms with Gasteiger partial charge < -0.3 is 13.4 Å². The van der Waals surface area contributed by atoms with E-state index in [9.17, 15) is 0 Å². The standard InChI is InChI=1S/C51H30N4O2/c1-3-12-31(13-4-1)49-52-50(54-51(53-49)40-19-11-18-39-37-17-8-10-21-45(37)57-48(39)40)34-24-27-46-42(29-34)38-25-22-33(30-47(38)56-46)32-23-26-44-41(28-32)36-16-7-9-20-43(36)55(44)35-14-5-2-6-15-35/h1-30H. The lowest BCUT2D eigenvalue weighted by molar-refractivity contribution is 0.669. The third-order valence-electron chi connectivity index (χ3n) is 11.1. The number of para-hydroxylation sites is 4. The average molecular weight is 731 g/mol. The van der Waals surface area contributed by atoms with Gasteiger partial charge in [0.25, 0.3) is 0 Å². The van der Waals surface area contributed by atoms with E-state index in [-0.39, 0.29) is 0 Å². The Hall–Kier alpha value is -7.83. The van der Waals surface area contributed by atoms with Crippen molar-refractivity contribution < 1.29 is 8.83 Å². The minimum atomic E-state index is 0.550. The molecule has 0 aliphatic carbocycles. The van der Waals surface area contributed by atoms with E-state index in [1.165, 1.54) is 21.8 Å². The number of nitrogens with zero attached hydrogens (tertiary/aromatic N) is 4. The third-order valence-corrected chi connectivity index (χ3v) is 11.1. The van der Waals surface area contributed by atoms with Crippen LogP contribution in [0.25, 0.3) is 117 Å². The molecule has 0 radical (unpaired) electrons. The molecule has 0 aliphatic heterocycles. The van der Waals surface area contributed by atoms with Crippen molar-refractivity contribution in [1.82, 2.24) is 19.5 Å². The summed E-state index contributed by atoms with van der Waals surface area (Å²) in [4.78, 5) is 15.1. The summed E-state index contributed by atoms with van der Waals surface area (Å²) in [6.45, 7) is 0. The molecule has 0 atom stereocenters. The topological polar surface area (TPSA) is 69.9 Å². The van der Waals surface area contributed by atoms with Gasteiger partial charge in [0, 0.05) is 49.1 Å². The van der Waals surface area contributed by atoms with E-state index in [2.05, 4.69) is 114 Å². The molecule has 0 N–H and O–H groups in total. The van der Waals surface area contributed by atoms with Gasteiger partial charge in [-0.1, -0.05) is 109 Å². The maximum absolute atomic E-state index is 6.52. The molecule has 4 heterocycles. The summed E-state index contributed by atoms with van der Waals surface area (Å²) in [7, 11) is 0. The van der Waals surface area contributed by atoms with Gasteiger partial charge >= 0.3 is 0 Å². The van der Waals surface area contributed by atoms with Gasteiger partial charge in [0.1, 0.15) is 22.3 Å². The van der Waals surface area contributed by atoms with Crippen molar-refractivity contribution in [1.29, 1.82) is 0 Å². The summed E-state index contributed by atoms with van der Waals surface area (Å²) in [6.07, 6.45) is 0. The van der Waals surface area contributed by atoms with Crippen LogP contribution in [0.2, 0.25) is 0 Å². The van der Waals surface area contributed by atoms with Gasteiger partial charge in [-0.25, -0.2) is 15.0 Å². The lowest BCUT2D eigenvalue weighted by atomic mass is 10.0. The Balaban J connectivity index is 0.977. The van der Waals surface area contributed by atoms with Crippen LogP contribution >= 0.6 is 0 Å². The molecule has 0 spiro atoms. The van der Waals surface area contributed by atoms with Gasteiger partial charge in [0.05, 0.1) is 16.6 Å². The zero-order valence-electron chi connectivity index (χ0n) is 30.4. The fourth-order valence-corrected chi connectivity index (χ4v) is 8.37. The number of hydrogen-bond donors (Lipinski definition) is 0. The SMILES string of the molecule is c1ccc(-c2nc(-c3ccc4oc5cc(-c6ccc7c(c6)c6ccccc6n7-c6ccccc6)ccc5c4c3)nc(-c3cccc4c3oc3ccccc34)n2)cc1. The van der Waals surface area contributed by atoms with Crippen LogP contribution in [0.5, 0.6) is 0 Å². The van der Waals surface area contributed by atoms with Crippen molar-refractivity contribution in [2.45, 2.75) is 0 Å². The number of rotatable bonds is 5. The number of aromatic nitrogens is 4. The van der Waals surface area contributed by atoms with E-state index in [0.717, 1.165) is 77.4 Å². The van der Waals surface area contributed by atoms with E-state index in [1.807, 2.05) is 72.8 Å². The molecule has 6 nitrogen and oxygen atoms in total. The van der Waals surface area contributed by atoms with Crippen LogP contribution in [0.4, 0.5) is 0 Å². The predicted molar refractivity (Wildman–Crippen MR) is 230 cm³/mol. The molecule has 57 heavy (non-hydrogen) atoms. The van der Waals surface area contributed by atoms with Gasteiger partial charge in [0.2, 0.25) is 0 Å². The largest absolute Gasteiger partial charge is 0.456 e.